The van der Waals surface area contributed by atoms with Crippen LogP contribution in [-0.2, 0) is 13.0 Å². The summed E-state index contributed by atoms with van der Waals surface area (Å²) in [6.45, 7) is 13.7. The van der Waals surface area contributed by atoms with Gasteiger partial charge in [0.05, 0.1) is 0 Å². The van der Waals surface area contributed by atoms with Gasteiger partial charge in [0.1, 0.15) is 0 Å². The van der Waals surface area contributed by atoms with Crippen LogP contribution in [-0.4, -0.2) is 42.2 Å². The number of aryl methyl sites for hydroxylation is 3. The highest BCUT2D eigenvalue weighted by Crippen LogP contribution is 2.27. The number of unbranched alkanes of at least 4 members (excludes halogenated alkanes) is 1. The van der Waals surface area contributed by atoms with Gasteiger partial charge in [-0.25, -0.2) is 0 Å². The van der Waals surface area contributed by atoms with Gasteiger partial charge in [0.15, 0.2) is 0 Å². The molecule has 0 amide bonds. The Morgan fingerprint density at radius 1 is 1.09 bits per heavy atom. The van der Waals surface area contributed by atoms with Crippen LogP contribution in [0.25, 0.3) is 10.9 Å². The van der Waals surface area contributed by atoms with Crippen molar-refractivity contribution in [1.82, 2.24) is 14.8 Å². The molecule has 0 atom stereocenters. The summed E-state index contributed by atoms with van der Waals surface area (Å²) in [6.07, 6.45) is 6.10. The summed E-state index contributed by atoms with van der Waals surface area (Å²) < 4.78 is 2.49. The summed E-state index contributed by atoms with van der Waals surface area (Å²) in [5, 5.41) is 4.94. The number of benzene rings is 1. The van der Waals surface area contributed by atoms with Gasteiger partial charge < -0.3 is 14.8 Å². The Kier molecular flexibility index (Phi) is 5.39. The zero-order valence-electron chi connectivity index (χ0n) is 15.0. The Hall–Kier alpha value is -1.32. The van der Waals surface area contributed by atoms with Gasteiger partial charge in [-0.05, 0) is 49.4 Å². The third-order valence-corrected chi connectivity index (χ3v) is 5.06. The minimum atomic E-state index is 1.14. The summed E-state index contributed by atoms with van der Waals surface area (Å²) >= 11 is 0. The maximum atomic E-state index is 3.44. The van der Waals surface area contributed by atoms with E-state index in [0.717, 1.165) is 19.6 Å². The number of nitrogens with one attached hydrogen (secondary N) is 1. The SMILES string of the molecule is CCCCn1cc(CCN2CCNCC2)c2c(C)cc(C)cc21. The lowest BCUT2D eigenvalue weighted by Gasteiger charge is -2.27. The predicted octanol–water partition coefficient (Wildman–Crippen LogP) is 3.51. The zero-order valence-corrected chi connectivity index (χ0v) is 15.0. The van der Waals surface area contributed by atoms with Crippen LogP contribution in [0.2, 0.25) is 0 Å². The van der Waals surface area contributed by atoms with E-state index in [4.69, 9.17) is 0 Å². The average Bonchev–Trinajstić information content (AvgIpc) is 2.90. The summed E-state index contributed by atoms with van der Waals surface area (Å²) in [4.78, 5) is 2.59. The Bertz CT molecular complexity index is 650. The van der Waals surface area contributed by atoms with E-state index in [1.807, 2.05) is 0 Å². The van der Waals surface area contributed by atoms with E-state index in [9.17, 15) is 0 Å². The van der Waals surface area contributed by atoms with E-state index in [2.05, 4.69) is 53.9 Å². The largest absolute Gasteiger partial charge is 0.347 e. The van der Waals surface area contributed by atoms with E-state index in [0.29, 0.717) is 0 Å². The van der Waals surface area contributed by atoms with Crippen molar-refractivity contribution in [2.75, 3.05) is 32.7 Å². The number of aromatic nitrogens is 1. The topological polar surface area (TPSA) is 20.2 Å². The molecule has 1 aromatic heterocycles. The van der Waals surface area contributed by atoms with Crippen LogP contribution in [0.3, 0.4) is 0 Å². The molecule has 1 aliphatic rings. The molecule has 1 saturated heterocycles. The molecule has 1 fully saturated rings. The summed E-state index contributed by atoms with van der Waals surface area (Å²) in [7, 11) is 0. The third kappa shape index (κ3) is 3.78. The van der Waals surface area contributed by atoms with Gasteiger partial charge in [-0.15, -0.1) is 0 Å². The predicted molar refractivity (Wildman–Crippen MR) is 99.3 cm³/mol. The quantitative estimate of drug-likeness (QED) is 0.881. The highest BCUT2D eigenvalue weighted by molar-refractivity contribution is 5.88. The number of nitrogens with zero attached hydrogens (tertiary/aromatic N) is 2. The van der Waals surface area contributed by atoms with Gasteiger partial charge >= 0.3 is 0 Å². The smallest absolute Gasteiger partial charge is 0.0488 e. The highest BCUT2D eigenvalue weighted by Gasteiger charge is 2.14. The Balaban J connectivity index is 1.86. The average molecular weight is 313 g/mol. The summed E-state index contributed by atoms with van der Waals surface area (Å²) in [5.41, 5.74) is 5.78. The molecular weight excluding hydrogens is 282 g/mol. The standard InChI is InChI=1S/C20H31N3/c1-4-5-9-23-15-18(6-10-22-11-7-21-8-12-22)20-17(3)13-16(2)14-19(20)23/h13-15,21H,4-12H2,1-3H3. The van der Waals surface area contributed by atoms with Crippen molar-refractivity contribution in [2.24, 2.45) is 0 Å². The van der Waals surface area contributed by atoms with Crippen molar-refractivity contribution in [3.05, 3.63) is 35.0 Å². The fraction of sp³-hybridized carbons (Fsp3) is 0.600. The number of fused-ring (bicyclic) bond motifs is 1. The monoisotopic (exact) mass is 313 g/mol. The molecule has 1 aliphatic heterocycles. The summed E-state index contributed by atoms with van der Waals surface area (Å²) in [6, 6.07) is 4.70. The number of piperazine rings is 1. The normalized spacial score (nSPS) is 16.3. The Morgan fingerprint density at radius 2 is 1.87 bits per heavy atom. The minimum absolute atomic E-state index is 1.14. The van der Waals surface area contributed by atoms with Crippen LogP contribution in [0.4, 0.5) is 0 Å². The van der Waals surface area contributed by atoms with Crippen LogP contribution in [0.1, 0.15) is 36.5 Å². The minimum Gasteiger partial charge on any atom is -0.347 e. The van der Waals surface area contributed by atoms with Crippen molar-refractivity contribution < 1.29 is 0 Å². The molecule has 0 bridgehead atoms. The molecule has 0 radical (unpaired) electrons. The zero-order chi connectivity index (χ0) is 16.2. The molecule has 1 N–H and O–H groups in total. The first kappa shape index (κ1) is 16.5. The first-order valence-electron chi connectivity index (χ1n) is 9.21. The molecule has 0 spiro atoms. The molecule has 126 valence electrons. The Labute approximate surface area is 140 Å². The lowest BCUT2D eigenvalue weighted by Crippen LogP contribution is -2.44. The van der Waals surface area contributed by atoms with Crippen molar-refractivity contribution in [2.45, 2.75) is 46.6 Å². The number of hydrogen-bond donors (Lipinski definition) is 1. The van der Waals surface area contributed by atoms with Crippen LogP contribution >= 0.6 is 0 Å². The molecule has 3 nitrogen and oxygen atoms in total. The van der Waals surface area contributed by atoms with Crippen molar-refractivity contribution in [1.29, 1.82) is 0 Å². The molecule has 2 heterocycles. The van der Waals surface area contributed by atoms with Crippen LogP contribution in [0, 0.1) is 13.8 Å². The van der Waals surface area contributed by atoms with Crippen LogP contribution < -0.4 is 5.32 Å². The maximum absolute atomic E-state index is 3.44. The van der Waals surface area contributed by atoms with Gasteiger partial charge in [-0.3, -0.25) is 0 Å². The van der Waals surface area contributed by atoms with E-state index in [-0.39, 0.29) is 0 Å². The molecule has 0 saturated carbocycles. The molecular formula is C20H31N3. The van der Waals surface area contributed by atoms with Crippen LogP contribution in [0.5, 0.6) is 0 Å². The molecule has 1 aromatic carbocycles. The molecule has 3 rings (SSSR count). The van der Waals surface area contributed by atoms with Gasteiger partial charge in [0.25, 0.3) is 0 Å². The highest BCUT2D eigenvalue weighted by atomic mass is 15.2. The lowest BCUT2D eigenvalue weighted by molar-refractivity contribution is 0.244. The van der Waals surface area contributed by atoms with E-state index in [1.165, 1.54) is 66.5 Å². The molecule has 0 aliphatic carbocycles. The van der Waals surface area contributed by atoms with E-state index in [1.54, 1.807) is 0 Å². The number of hydrogen-bond acceptors (Lipinski definition) is 2. The third-order valence-electron chi connectivity index (χ3n) is 5.06. The van der Waals surface area contributed by atoms with E-state index >= 15 is 0 Å². The first-order chi connectivity index (χ1) is 11.2. The number of rotatable bonds is 6. The first-order valence-corrected chi connectivity index (χ1v) is 9.21. The lowest BCUT2D eigenvalue weighted by atomic mass is 10.0. The molecule has 23 heavy (non-hydrogen) atoms. The Morgan fingerprint density at radius 3 is 2.61 bits per heavy atom. The second kappa shape index (κ2) is 7.50. The fourth-order valence-corrected chi connectivity index (χ4v) is 3.83. The van der Waals surface area contributed by atoms with Crippen molar-refractivity contribution >= 4 is 10.9 Å². The summed E-state index contributed by atoms with van der Waals surface area (Å²) in [5.74, 6) is 0. The van der Waals surface area contributed by atoms with Crippen molar-refractivity contribution in [3.63, 3.8) is 0 Å². The van der Waals surface area contributed by atoms with Crippen molar-refractivity contribution in [3.8, 4) is 0 Å². The molecule has 2 aromatic rings. The van der Waals surface area contributed by atoms with Gasteiger partial charge in [0, 0.05) is 56.4 Å². The van der Waals surface area contributed by atoms with Gasteiger partial charge in [-0.1, -0.05) is 19.4 Å². The maximum Gasteiger partial charge on any atom is 0.0488 e. The van der Waals surface area contributed by atoms with E-state index < -0.39 is 0 Å². The second-order valence-corrected chi connectivity index (χ2v) is 7.02. The molecule has 0 unspecified atom stereocenters. The fourth-order valence-electron chi connectivity index (χ4n) is 3.83. The molecule has 3 heteroatoms. The second-order valence-electron chi connectivity index (χ2n) is 7.02. The van der Waals surface area contributed by atoms with Gasteiger partial charge in [-0.2, -0.15) is 0 Å². The van der Waals surface area contributed by atoms with Gasteiger partial charge in [0.2, 0.25) is 0 Å². The van der Waals surface area contributed by atoms with Crippen LogP contribution in [0.15, 0.2) is 18.3 Å².